The summed E-state index contributed by atoms with van der Waals surface area (Å²) in [6.07, 6.45) is 0.585. The van der Waals surface area contributed by atoms with Crippen molar-refractivity contribution in [3.05, 3.63) is 80.4 Å². The molecule has 1 aliphatic heterocycles. The first-order valence-corrected chi connectivity index (χ1v) is 10.9. The summed E-state index contributed by atoms with van der Waals surface area (Å²) in [5.41, 5.74) is 0.401. The van der Waals surface area contributed by atoms with Gasteiger partial charge in [0.25, 0.3) is 5.56 Å². The summed E-state index contributed by atoms with van der Waals surface area (Å²) in [5, 5.41) is 4.23. The highest BCUT2D eigenvalue weighted by molar-refractivity contribution is 5.85. The summed E-state index contributed by atoms with van der Waals surface area (Å²) in [5.74, 6) is 0.458. The van der Waals surface area contributed by atoms with Gasteiger partial charge < -0.3 is 4.90 Å². The minimum atomic E-state index is -4.32. The van der Waals surface area contributed by atoms with Crippen LogP contribution in [0.5, 0.6) is 0 Å². The van der Waals surface area contributed by atoms with E-state index >= 15 is 0 Å². The van der Waals surface area contributed by atoms with Gasteiger partial charge in [-0.15, -0.1) is 24.8 Å². The number of aryl methyl sites for hydroxylation is 2. The van der Waals surface area contributed by atoms with Crippen molar-refractivity contribution in [1.82, 2.24) is 24.2 Å². The lowest BCUT2D eigenvalue weighted by molar-refractivity contribution is -0.137. The lowest BCUT2D eigenvalue weighted by atomic mass is 9.94. The fourth-order valence-electron chi connectivity index (χ4n) is 5.04. The van der Waals surface area contributed by atoms with E-state index in [2.05, 4.69) is 15.0 Å². The van der Waals surface area contributed by atoms with Crippen molar-refractivity contribution in [3.63, 3.8) is 0 Å². The quantitative estimate of drug-likeness (QED) is 0.527. The normalized spacial score (nSPS) is 21.2. The third-order valence-corrected chi connectivity index (χ3v) is 6.84. The number of aromatic amines is 1. The average molecular weight is 532 g/mol. The maximum absolute atomic E-state index is 12.9. The molecule has 2 aliphatic rings. The second kappa shape index (κ2) is 9.83. The third-order valence-electron chi connectivity index (χ3n) is 6.84. The molecule has 1 saturated carbocycles. The molecule has 0 amide bonds. The maximum atomic E-state index is 12.9. The van der Waals surface area contributed by atoms with E-state index in [4.69, 9.17) is 0 Å². The highest BCUT2D eigenvalue weighted by Crippen LogP contribution is 2.59. The number of nitrogens with zero attached hydrogens (tertiary/aromatic N) is 4. The third kappa shape index (κ3) is 5.19. The Morgan fingerprint density at radius 3 is 2.46 bits per heavy atom. The van der Waals surface area contributed by atoms with Crippen LogP contribution in [0.15, 0.2) is 52.3 Å². The zero-order valence-corrected chi connectivity index (χ0v) is 20.6. The molecule has 2 atom stereocenters. The number of hydrogen-bond acceptors (Lipinski definition) is 4. The SMILES string of the molecule is Cc1ccn(-c2cn(CCCN3C[C@@H]4C[C@]4(c4ccc(C(F)(F)F)cc4)C3)c(=O)[nH]c2=O)n1.Cl.Cl. The minimum Gasteiger partial charge on any atom is -0.302 e. The van der Waals surface area contributed by atoms with Crippen molar-refractivity contribution in [3.8, 4) is 5.69 Å². The monoisotopic (exact) mass is 531 g/mol. The number of nitrogens with one attached hydrogen (secondary N) is 1. The van der Waals surface area contributed by atoms with Crippen molar-refractivity contribution < 1.29 is 13.2 Å². The second-order valence-electron chi connectivity index (χ2n) is 9.09. The van der Waals surface area contributed by atoms with E-state index in [0.717, 1.165) is 37.3 Å². The van der Waals surface area contributed by atoms with Crippen LogP contribution in [0.3, 0.4) is 0 Å². The Kier molecular flexibility index (Phi) is 7.59. The van der Waals surface area contributed by atoms with Crippen molar-refractivity contribution in [1.29, 1.82) is 0 Å². The summed E-state index contributed by atoms with van der Waals surface area (Å²) >= 11 is 0. The predicted molar refractivity (Wildman–Crippen MR) is 130 cm³/mol. The lowest BCUT2D eigenvalue weighted by Crippen LogP contribution is -2.33. The maximum Gasteiger partial charge on any atom is 0.416 e. The summed E-state index contributed by atoms with van der Waals surface area (Å²) in [6, 6.07) is 7.35. The van der Waals surface area contributed by atoms with Crippen molar-refractivity contribution in [2.24, 2.45) is 5.92 Å². The molecule has 7 nitrogen and oxygen atoms in total. The molecule has 190 valence electrons. The van der Waals surface area contributed by atoms with Gasteiger partial charge in [0, 0.05) is 37.4 Å². The lowest BCUT2D eigenvalue weighted by Gasteiger charge is -2.21. The fourth-order valence-corrected chi connectivity index (χ4v) is 5.04. The van der Waals surface area contributed by atoms with Gasteiger partial charge in [-0.3, -0.25) is 14.3 Å². The molecule has 5 rings (SSSR count). The Morgan fingerprint density at radius 2 is 1.83 bits per heavy atom. The number of rotatable bonds is 6. The van der Waals surface area contributed by atoms with Crippen molar-refractivity contribution in [2.45, 2.75) is 37.9 Å². The van der Waals surface area contributed by atoms with Crippen LogP contribution >= 0.6 is 24.8 Å². The molecule has 1 N–H and O–H groups in total. The van der Waals surface area contributed by atoms with Crippen LogP contribution in [-0.4, -0.2) is 43.9 Å². The van der Waals surface area contributed by atoms with Gasteiger partial charge in [-0.25, -0.2) is 9.48 Å². The molecule has 1 aromatic carbocycles. The van der Waals surface area contributed by atoms with E-state index < -0.39 is 23.0 Å². The van der Waals surface area contributed by atoms with E-state index in [1.54, 1.807) is 24.4 Å². The highest BCUT2D eigenvalue weighted by Gasteiger charge is 2.60. The first-order valence-electron chi connectivity index (χ1n) is 10.9. The van der Waals surface area contributed by atoms with Gasteiger partial charge in [0.2, 0.25) is 0 Å². The summed E-state index contributed by atoms with van der Waals surface area (Å²) in [6.45, 7) is 4.73. The van der Waals surface area contributed by atoms with Gasteiger partial charge in [-0.05, 0) is 56.0 Å². The Morgan fingerprint density at radius 1 is 1.11 bits per heavy atom. The molecule has 0 unspecified atom stereocenters. The molecule has 3 heterocycles. The molecule has 0 bridgehead atoms. The molecule has 3 aromatic rings. The second-order valence-corrected chi connectivity index (χ2v) is 9.09. The van der Waals surface area contributed by atoms with E-state index in [1.165, 1.54) is 27.6 Å². The number of H-pyrrole nitrogens is 1. The summed E-state index contributed by atoms with van der Waals surface area (Å²) in [4.78, 5) is 29.1. The number of benzene rings is 1. The van der Waals surface area contributed by atoms with Gasteiger partial charge >= 0.3 is 11.9 Å². The molecule has 2 fully saturated rings. The molecule has 2 aromatic heterocycles. The number of piperidine rings is 1. The zero-order valence-electron chi connectivity index (χ0n) is 18.9. The Bertz CT molecular complexity index is 1300. The first-order chi connectivity index (χ1) is 15.7. The van der Waals surface area contributed by atoms with Gasteiger partial charge in [0.05, 0.1) is 11.3 Å². The highest BCUT2D eigenvalue weighted by atomic mass is 35.5. The predicted octanol–water partition coefficient (Wildman–Crippen LogP) is 3.56. The van der Waals surface area contributed by atoms with Crippen LogP contribution in [0.25, 0.3) is 5.69 Å². The van der Waals surface area contributed by atoms with E-state index in [-0.39, 0.29) is 35.9 Å². The number of halogens is 5. The molecule has 0 radical (unpaired) electrons. The van der Waals surface area contributed by atoms with Crippen LogP contribution < -0.4 is 11.2 Å². The van der Waals surface area contributed by atoms with Gasteiger partial charge in [0.1, 0.15) is 5.69 Å². The zero-order chi connectivity index (χ0) is 23.4. The average Bonchev–Trinajstić information content (AvgIpc) is 3.09. The van der Waals surface area contributed by atoms with Gasteiger partial charge in [-0.2, -0.15) is 18.3 Å². The van der Waals surface area contributed by atoms with Crippen LogP contribution in [0.2, 0.25) is 0 Å². The number of aromatic nitrogens is 4. The van der Waals surface area contributed by atoms with Crippen molar-refractivity contribution >= 4 is 24.8 Å². The Balaban J connectivity index is 0.00000171. The number of alkyl halides is 3. The molecular formula is C23H26Cl2F3N5O2. The number of likely N-dealkylation sites (tertiary alicyclic amines) is 1. The molecular weight excluding hydrogens is 506 g/mol. The molecule has 12 heteroatoms. The summed E-state index contributed by atoms with van der Waals surface area (Å²) < 4.78 is 41.5. The standard InChI is InChI=1S/C23H24F3N5O2.2ClH/c1-15-7-10-31(28-15)19-13-30(21(33)27-20(19)32)9-2-8-29-12-18-11-22(18,14-29)16-3-5-17(6-4-16)23(24,25)26;;/h3-7,10,13,18H,2,8-9,11-12,14H2,1H3,(H,27,32,33);2*1H/t18-,22+;;/m0../s1. The fraction of sp³-hybridized carbons (Fsp3) is 0.435. The van der Waals surface area contributed by atoms with E-state index in [9.17, 15) is 22.8 Å². The topological polar surface area (TPSA) is 75.9 Å². The van der Waals surface area contributed by atoms with Crippen molar-refractivity contribution in [2.75, 3.05) is 19.6 Å². The first kappa shape index (κ1) is 27.0. The number of hydrogen-bond donors (Lipinski definition) is 1. The van der Waals surface area contributed by atoms with E-state index in [0.29, 0.717) is 18.9 Å². The number of fused-ring (bicyclic) bond motifs is 1. The largest absolute Gasteiger partial charge is 0.416 e. The van der Waals surface area contributed by atoms with Crippen LogP contribution in [-0.2, 0) is 18.1 Å². The van der Waals surface area contributed by atoms with Gasteiger partial charge in [-0.1, -0.05) is 12.1 Å². The van der Waals surface area contributed by atoms with Gasteiger partial charge in [0.15, 0.2) is 0 Å². The Labute approximate surface area is 211 Å². The molecule has 1 saturated heterocycles. The molecule has 1 aliphatic carbocycles. The van der Waals surface area contributed by atoms with Crippen LogP contribution in [0, 0.1) is 12.8 Å². The van der Waals surface area contributed by atoms with Crippen LogP contribution in [0.1, 0.15) is 29.7 Å². The minimum absolute atomic E-state index is 0. The molecule has 35 heavy (non-hydrogen) atoms. The Hall–Kier alpha value is -2.56. The van der Waals surface area contributed by atoms with E-state index in [1.807, 2.05) is 6.92 Å². The van der Waals surface area contributed by atoms with Crippen LogP contribution in [0.4, 0.5) is 13.2 Å². The smallest absolute Gasteiger partial charge is 0.302 e. The molecule has 0 spiro atoms. The summed E-state index contributed by atoms with van der Waals surface area (Å²) in [7, 11) is 0.